The molecule has 3 saturated heterocycles. The third-order valence-electron chi connectivity index (χ3n) is 8.80. The number of aliphatic hydroxyl groups excluding tert-OH is 1. The number of rotatable bonds is 9. The number of carbonyl (C=O) groups excluding carboxylic acids is 2. The van der Waals surface area contributed by atoms with Crippen LogP contribution in [0.1, 0.15) is 56.6 Å². The molecule has 3 aliphatic rings. The second-order valence-corrected chi connectivity index (χ2v) is 11.0. The Bertz CT molecular complexity index is 1050. The van der Waals surface area contributed by atoms with Crippen LogP contribution in [0, 0.1) is 0 Å². The fourth-order valence-electron chi connectivity index (χ4n) is 7.07. The zero-order chi connectivity index (χ0) is 26.8. The number of hydrogen-bond acceptors (Lipinski definition) is 7. The number of carbonyl (C=O) groups is 2. The minimum Gasteiger partial charge on any atom is -0.459 e. The van der Waals surface area contributed by atoms with E-state index in [9.17, 15) is 14.7 Å². The lowest BCUT2D eigenvalue weighted by molar-refractivity contribution is -0.956. The Morgan fingerprint density at radius 1 is 0.974 bits per heavy atom. The van der Waals surface area contributed by atoms with Crippen LogP contribution < -0.4 is 5.73 Å². The van der Waals surface area contributed by atoms with Gasteiger partial charge in [0.1, 0.15) is 12.1 Å². The van der Waals surface area contributed by atoms with Crippen LogP contribution in [0.4, 0.5) is 0 Å². The van der Waals surface area contributed by atoms with Crippen LogP contribution in [0.5, 0.6) is 0 Å². The summed E-state index contributed by atoms with van der Waals surface area (Å²) in [6.45, 7) is 3.48. The molecule has 8 nitrogen and oxygen atoms in total. The van der Waals surface area contributed by atoms with Crippen molar-refractivity contribution in [1.82, 2.24) is 0 Å². The van der Waals surface area contributed by atoms with Crippen LogP contribution in [0.25, 0.3) is 0 Å². The highest BCUT2D eigenvalue weighted by atomic mass is 16.7. The molecule has 0 aliphatic carbocycles. The molecule has 0 saturated carbocycles. The normalized spacial score (nSPS) is 25.6. The van der Waals surface area contributed by atoms with Gasteiger partial charge in [-0.15, -0.1) is 0 Å². The topological polar surface area (TPSA) is 108 Å². The van der Waals surface area contributed by atoms with Gasteiger partial charge in [-0.25, -0.2) is 4.79 Å². The zero-order valence-electron chi connectivity index (χ0n) is 22.0. The fourth-order valence-corrected chi connectivity index (χ4v) is 7.07. The number of nitrogens with zero attached hydrogens (tertiary/aromatic N) is 1. The number of aliphatic hydroxyl groups is 1. The number of ether oxygens (including phenoxy) is 3. The van der Waals surface area contributed by atoms with Gasteiger partial charge in [0.05, 0.1) is 31.8 Å². The molecular weight excluding hydrogens is 484 g/mol. The van der Waals surface area contributed by atoms with Crippen LogP contribution in [-0.2, 0) is 29.4 Å². The third kappa shape index (κ3) is 4.86. The van der Waals surface area contributed by atoms with Crippen molar-refractivity contribution in [1.29, 1.82) is 0 Å². The highest BCUT2D eigenvalue weighted by Crippen LogP contribution is 2.47. The maximum absolute atomic E-state index is 14.3. The molecule has 1 spiro atoms. The summed E-state index contributed by atoms with van der Waals surface area (Å²) in [7, 11) is 0. The van der Waals surface area contributed by atoms with Crippen molar-refractivity contribution in [3.05, 3.63) is 71.8 Å². The largest absolute Gasteiger partial charge is 0.459 e. The van der Waals surface area contributed by atoms with Crippen molar-refractivity contribution in [3.8, 4) is 0 Å². The lowest BCUT2D eigenvalue weighted by atomic mass is 9.85. The summed E-state index contributed by atoms with van der Waals surface area (Å²) < 4.78 is 19.3. The van der Waals surface area contributed by atoms with Gasteiger partial charge in [0, 0.05) is 38.5 Å². The van der Waals surface area contributed by atoms with Gasteiger partial charge >= 0.3 is 11.9 Å². The van der Waals surface area contributed by atoms with Gasteiger partial charge in [0.2, 0.25) is 11.9 Å². The Kier molecular flexibility index (Phi) is 7.86. The van der Waals surface area contributed by atoms with Gasteiger partial charge in [-0.2, -0.15) is 0 Å². The summed E-state index contributed by atoms with van der Waals surface area (Å²) >= 11 is 0. The first-order valence-electron chi connectivity index (χ1n) is 13.8. The van der Waals surface area contributed by atoms with Crippen LogP contribution in [0.15, 0.2) is 60.7 Å². The molecule has 4 atom stereocenters. The molecule has 3 aliphatic heterocycles. The second kappa shape index (κ2) is 11.1. The highest BCUT2D eigenvalue weighted by Gasteiger charge is 2.57. The summed E-state index contributed by atoms with van der Waals surface area (Å²) in [6, 6.07) is 18.2. The monoisotopic (exact) mass is 523 g/mol. The lowest BCUT2D eigenvalue weighted by Crippen LogP contribution is -2.60. The van der Waals surface area contributed by atoms with Gasteiger partial charge in [-0.1, -0.05) is 60.7 Å². The van der Waals surface area contributed by atoms with Gasteiger partial charge < -0.3 is 29.5 Å². The van der Waals surface area contributed by atoms with Crippen molar-refractivity contribution in [2.24, 2.45) is 5.73 Å². The van der Waals surface area contributed by atoms with Crippen LogP contribution >= 0.6 is 0 Å². The predicted octanol–water partition coefficient (Wildman–Crippen LogP) is 3.00. The average Bonchev–Trinajstić information content (AvgIpc) is 3.48. The Labute approximate surface area is 224 Å². The van der Waals surface area contributed by atoms with E-state index in [0.717, 1.165) is 12.8 Å². The molecule has 8 heteroatoms. The average molecular weight is 524 g/mol. The van der Waals surface area contributed by atoms with E-state index in [2.05, 4.69) is 0 Å². The van der Waals surface area contributed by atoms with Gasteiger partial charge in [-0.05, 0) is 18.1 Å². The second-order valence-electron chi connectivity index (χ2n) is 11.0. The molecule has 5 rings (SSSR count). The van der Waals surface area contributed by atoms with E-state index >= 15 is 0 Å². The van der Waals surface area contributed by atoms with Crippen LogP contribution in [0.3, 0.4) is 0 Å². The first kappa shape index (κ1) is 26.8. The number of hydrogen-bond donors (Lipinski definition) is 2. The SMILES string of the molecule is C[C@H](OC(=O)[C@@H](N)CO)OC(C(=O)OC1CC2CCC(C1)[N+]21CCCC1)(c1ccccc1)c1ccccc1. The molecule has 0 aromatic heterocycles. The summed E-state index contributed by atoms with van der Waals surface area (Å²) in [5.41, 5.74) is 5.13. The third-order valence-corrected chi connectivity index (χ3v) is 8.80. The van der Waals surface area contributed by atoms with E-state index in [4.69, 9.17) is 19.9 Å². The van der Waals surface area contributed by atoms with Crippen LogP contribution in [0.2, 0.25) is 0 Å². The maximum atomic E-state index is 14.3. The van der Waals surface area contributed by atoms with Gasteiger partial charge in [-0.3, -0.25) is 4.79 Å². The predicted molar refractivity (Wildman–Crippen MR) is 141 cm³/mol. The summed E-state index contributed by atoms with van der Waals surface area (Å²) in [6.07, 6.45) is 5.33. The number of quaternary nitrogens is 1. The molecule has 2 aromatic rings. The van der Waals surface area contributed by atoms with Crippen molar-refractivity contribution in [3.63, 3.8) is 0 Å². The minimum absolute atomic E-state index is 0.194. The summed E-state index contributed by atoms with van der Waals surface area (Å²) in [5, 5.41) is 9.26. The Morgan fingerprint density at radius 2 is 1.50 bits per heavy atom. The molecule has 0 amide bonds. The molecule has 0 radical (unpaired) electrons. The number of nitrogens with two attached hydrogens (primary N) is 1. The smallest absolute Gasteiger partial charge is 0.348 e. The maximum Gasteiger partial charge on any atom is 0.348 e. The molecular formula is C30H39N2O6+. The van der Waals surface area contributed by atoms with E-state index < -0.39 is 36.5 Å². The number of esters is 2. The van der Waals surface area contributed by atoms with Crippen LogP contribution in [-0.4, -0.2) is 71.7 Å². The van der Waals surface area contributed by atoms with E-state index in [1.165, 1.54) is 50.2 Å². The molecule has 2 unspecified atom stereocenters. The van der Waals surface area contributed by atoms with Crippen molar-refractivity contribution in [2.45, 2.75) is 81.6 Å². The molecule has 38 heavy (non-hydrogen) atoms. The Hall–Kier alpha value is -2.78. The van der Waals surface area contributed by atoms with Gasteiger partial charge in [0.25, 0.3) is 0 Å². The van der Waals surface area contributed by atoms with Gasteiger partial charge in [0.15, 0.2) is 0 Å². The van der Waals surface area contributed by atoms with E-state index in [1.807, 2.05) is 60.7 Å². The summed E-state index contributed by atoms with van der Waals surface area (Å²) in [5.74, 6) is -1.34. The van der Waals surface area contributed by atoms with E-state index in [0.29, 0.717) is 23.2 Å². The molecule has 3 fully saturated rings. The molecule has 2 aromatic carbocycles. The number of piperidine rings is 1. The molecule has 204 valence electrons. The molecule has 2 bridgehead atoms. The minimum atomic E-state index is -1.66. The first-order chi connectivity index (χ1) is 18.4. The lowest BCUT2D eigenvalue weighted by Gasteiger charge is -2.47. The fraction of sp³-hybridized carbons (Fsp3) is 0.533. The first-order valence-corrected chi connectivity index (χ1v) is 13.8. The molecule has 3 N–H and O–H groups in total. The molecule has 3 heterocycles. The van der Waals surface area contributed by atoms with E-state index in [-0.39, 0.29) is 6.10 Å². The summed E-state index contributed by atoms with van der Waals surface area (Å²) in [4.78, 5) is 26.7. The van der Waals surface area contributed by atoms with E-state index in [1.54, 1.807) is 0 Å². The van der Waals surface area contributed by atoms with Crippen molar-refractivity contribution < 1.29 is 33.4 Å². The Balaban J connectivity index is 1.46. The quantitative estimate of drug-likeness (QED) is 0.296. The Morgan fingerprint density at radius 3 is 2.00 bits per heavy atom. The highest BCUT2D eigenvalue weighted by molar-refractivity contribution is 5.86. The van der Waals surface area contributed by atoms with Crippen molar-refractivity contribution in [2.75, 3.05) is 19.7 Å². The van der Waals surface area contributed by atoms with Crippen molar-refractivity contribution >= 4 is 11.9 Å². The standard InChI is InChI=1S/C30H39N2O6/c1-21(36-28(34)27(31)20-33)38-30(22-10-4-2-5-11-22,23-12-6-3-7-13-23)29(35)37-26-18-24-14-15-25(19-26)32(24)16-8-9-17-32/h2-7,10-13,21,24-27,33H,8-9,14-20,31H2,1H3/q+1/t21-,24?,25?,26?,27+/m1/s1. The number of benzene rings is 2. The zero-order valence-corrected chi connectivity index (χ0v) is 22.0.